The molecule has 2 atom stereocenters. The van der Waals surface area contributed by atoms with Crippen molar-refractivity contribution in [2.75, 3.05) is 46.4 Å². The van der Waals surface area contributed by atoms with Gasteiger partial charge in [0.05, 0.1) is 18.9 Å². The molecule has 160 valence electrons. The predicted molar refractivity (Wildman–Crippen MR) is 114 cm³/mol. The normalized spacial score (nSPS) is 26.4. The average molecular weight is 422 g/mol. The Kier molecular flexibility index (Phi) is 7.06. The Morgan fingerprint density at radius 3 is 2.69 bits per heavy atom. The molecule has 0 radical (unpaired) electrons. The molecule has 1 aromatic carbocycles. The van der Waals surface area contributed by atoms with Crippen LogP contribution in [0, 0.1) is 11.3 Å². The van der Waals surface area contributed by atoms with Gasteiger partial charge in [0.15, 0.2) is 0 Å². The number of hydrogen-bond donors (Lipinski definition) is 1. The van der Waals surface area contributed by atoms with Crippen LogP contribution in [0.1, 0.15) is 31.2 Å². The maximum Gasteiger partial charge on any atom is 0.230 e. The van der Waals surface area contributed by atoms with Gasteiger partial charge in [-0.25, -0.2) is 0 Å². The molecule has 1 N–H and O–H groups in total. The molecule has 1 aromatic rings. The van der Waals surface area contributed by atoms with E-state index in [-0.39, 0.29) is 23.7 Å². The zero-order valence-electron chi connectivity index (χ0n) is 17.2. The first-order valence-electron chi connectivity index (χ1n) is 10.5. The minimum atomic E-state index is -0.189. The summed E-state index contributed by atoms with van der Waals surface area (Å²) in [5, 5.41) is 3.47. The van der Waals surface area contributed by atoms with Crippen LogP contribution in [0.25, 0.3) is 0 Å². The van der Waals surface area contributed by atoms with Gasteiger partial charge in [0.25, 0.3) is 0 Å². The summed E-state index contributed by atoms with van der Waals surface area (Å²) in [6.45, 7) is 4.36. The maximum absolute atomic E-state index is 13.4. The molecule has 6 nitrogen and oxygen atoms in total. The van der Waals surface area contributed by atoms with Crippen LogP contribution in [0.2, 0.25) is 0 Å². The van der Waals surface area contributed by atoms with E-state index in [1.807, 2.05) is 34.1 Å². The van der Waals surface area contributed by atoms with E-state index in [1.54, 1.807) is 7.11 Å². The van der Waals surface area contributed by atoms with Crippen molar-refractivity contribution < 1.29 is 14.3 Å². The molecule has 0 bridgehead atoms. The predicted octanol–water partition coefficient (Wildman–Crippen LogP) is 2.11. The van der Waals surface area contributed by atoms with Gasteiger partial charge in [-0.15, -0.1) is 12.4 Å². The highest BCUT2D eigenvalue weighted by Gasteiger charge is 2.51. The molecular formula is C22H32ClN3O3. The second-order valence-corrected chi connectivity index (χ2v) is 8.43. The molecule has 2 heterocycles. The minimum Gasteiger partial charge on any atom is -0.497 e. The highest BCUT2D eigenvalue weighted by atomic mass is 35.5. The highest BCUT2D eigenvalue weighted by molar-refractivity contribution is 5.85. The fourth-order valence-electron chi connectivity index (χ4n) is 5.21. The van der Waals surface area contributed by atoms with Crippen LogP contribution in [0.3, 0.4) is 0 Å². The molecule has 3 aliphatic rings. The van der Waals surface area contributed by atoms with Crippen molar-refractivity contribution in [3.05, 3.63) is 29.8 Å². The first-order chi connectivity index (χ1) is 13.6. The number of halogens is 1. The van der Waals surface area contributed by atoms with Crippen LogP contribution < -0.4 is 10.1 Å². The summed E-state index contributed by atoms with van der Waals surface area (Å²) < 4.78 is 5.24. The highest BCUT2D eigenvalue weighted by Crippen LogP contribution is 2.45. The van der Waals surface area contributed by atoms with Crippen molar-refractivity contribution in [3.63, 3.8) is 0 Å². The smallest absolute Gasteiger partial charge is 0.230 e. The second-order valence-electron chi connectivity index (χ2n) is 8.43. The topological polar surface area (TPSA) is 61.9 Å². The Labute approximate surface area is 179 Å². The molecule has 2 aliphatic heterocycles. The molecule has 1 saturated carbocycles. The lowest BCUT2D eigenvalue weighted by molar-refractivity contribution is -0.149. The van der Waals surface area contributed by atoms with Gasteiger partial charge in [-0.1, -0.05) is 25.0 Å². The molecular weight excluding hydrogens is 390 g/mol. The summed E-state index contributed by atoms with van der Waals surface area (Å²) in [5.41, 5.74) is 0.772. The summed E-state index contributed by atoms with van der Waals surface area (Å²) in [7, 11) is 1.63. The van der Waals surface area contributed by atoms with E-state index < -0.39 is 0 Å². The first-order valence-corrected chi connectivity index (χ1v) is 10.5. The van der Waals surface area contributed by atoms with Crippen LogP contribution in [0.4, 0.5) is 0 Å². The van der Waals surface area contributed by atoms with Crippen LogP contribution in [-0.2, 0) is 16.0 Å². The summed E-state index contributed by atoms with van der Waals surface area (Å²) in [5.74, 6) is 1.70. The van der Waals surface area contributed by atoms with E-state index in [1.165, 1.54) is 6.42 Å². The van der Waals surface area contributed by atoms with E-state index >= 15 is 0 Å². The number of benzene rings is 1. The number of methoxy groups -OCH3 is 1. The molecule has 0 spiro atoms. The summed E-state index contributed by atoms with van der Waals surface area (Å²) in [6, 6.07) is 7.66. The van der Waals surface area contributed by atoms with E-state index in [0.29, 0.717) is 44.4 Å². The largest absolute Gasteiger partial charge is 0.497 e. The van der Waals surface area contributed by atoms with Crippen molar-refractivity contribution >= 4 is 24.2 Å². The number of ether oxygens (including phenoxy) is 1. The number of carbonyl (C=O) groups is 2. The maximum atomic E-state index is 13.4. The van der Waals surface area contributed by atoms with Crippen LogP contribution in [0.15, 0.2) is 24.3 Å². The number of hydrogen-bond acceptors (Lipinski definition) is 4. The number of rotatable bonds is 4. The van der Waals surface area contributed by atoms with Crippen LogP contribution in [-0.4, -0.2) is 68.0 Å². The van der Waals surface area contributed by atoms with Crippen molar-refractivity contribution in [2.24, 2.45) is 11.3 Å². The zero-order chi connectivity index (χ0) is 19.6. The standard InChI is InChI=1S/C22H31N3O3.ClH/c1-28-19-7-4-5-17(13-19)14-20(26)24-9-11-25(12-10-24)21(27)22-8-3-2-6-18(22)15-23-16-22;/h4-5,7,13,18,23H,2-3,6,8-12,14-16H2,1H3;1H/t18-,22+;/m0./s1. The summed E-state index contributed by atoms with van der Waals surface area (Å²) in [4.78, 5) is 30.0. The fourth-order valence-corrected chi connectivity index (χ4v) is 5.21. The SMILES string of the molecule is COc1cccc(CC(=O)N2CCN(C(=O)[C@@]34CCCC[C@H]3CNC4)CC2)c1.Cl. The third kappa shape index (κ3) is 4.38. The van der Waals surface area contributed by atoms with Crippen molar-refractivity contribution in [1.29, 1.82) is 0 Å². The van der Waals surface area contributed by atoms with Gasteiger partial charge < -0.3 is 19.9 Å². The third-order valence-electron chi connectivity index (χ3n) is 6.87. The lowest BCUT2D eigenvalue weighted by atomic mass is 9.67. The molecule has 1 aliphatic carbocycles. The Morgan fingerprint density at radius 2 is 1.93 bits per heavy atom. The van der Waals surface area contributed by atoms with E-state index in [4.69, 9.17) is 4.74 Å². The minimum absolute atomic E-state index is 0. The van der Waals surface area contributed by atoms with Gasteiger partial charge in [0.2, 0.25) is 11.8 Å². The number of nitrogens with zero attached hydrogens (tertiary/aromatic N) is 2. The van der Waals surface area contributed by atoms with Gasteiger partial charge in [0, 0.05) is 32.7 Å². The molecule has 2 amide bonds. The number of carbonyl (C=O) groups excluding carboxylic acids is 2. The number of nitrogens with one attached hydrogen (secondary N) is 1. The Bertz CT molecular complexity index is 736. The molecule has 2 saturated heterocycles. The van der Waals surface area contributed by atoms with E-state index in [2.05, 4.69) is 5.32 Å². The molecule has 3 fully saturated rings. The number of amides is 2. The first kappa shape index (κ1) is 21.9. The van der Waals surface area contributed by atoms with Crippen LogP contribution >= 0.6 is 12.4 Å². The third-order valence-corrected chi connectivity index (χ3v) is 6.87. The summed E-state index contributed by atoms with van der Waals surface area (Å²) in [6.07, 6.45) is 4.95. The van der Waals surface area contributed by atoms with Crippen LogP contribution in [0.5, 0.6) is 5.75 Å². The van der Waals surface area contributed by atoms with Crippen molar-refractivity contribution in [3.8, 4) is 5.75 Å². The Morgan fingerprint density at radius 1 is 1.17 bits per heavy atom. The average Bonchev–Trinajstić information content (AvgIpc) is 3.18. The lowest BCUT2D eigenvalue weighted by Gasteiger charge is -2.43. The van der Waals surface area contributed by atoms with Gasteiger partial charge >= 0.3 is 0 Å². The second kappa shape index (κ2) is 9.35. The summed E-state index contributed by atoms with van der Waals surface area (Å²) >= 11 is 0. The van der Waals surface area contributed by atoms with Gasteiger partial charge in [-0.05, 0) is 43.0 Å². The molecule has 7 heteroatoms. The molecule has 0 aromatic heterocycles. The quantitative estimate of drug-likeness (QED) is 0.808. The zero-order valence-corrected chi connectivity index (χ0v) is 18.0. The lowest BCUT2D eigenvalue weighted by Crippen LogP contribution is -2.56. The number of fused-ring (bicyclic) bond motifs is 1. The fraction of sp³-hybridized carbons (Fsp3) is 0.636. The van der Waals surface area contributed by atoms with Crippen molar-refractivity contribution in [1.82, 2.24) is 15.1 Å². The molecule has 0 unspecified atom stereocenters. The van der Waals surface area contributed by atoms with Gasteiger partial charge in [-0.3, -0.25) is 9.59 Å². The van der Waals surface area contributed by atoms with E-state index in [0.717, 1.165) is 43.7 Å². The van der Waals surface area contributed by atoms with Gasteiger partial charge in [0.1, 0.15) is 5.75 Å². The van der Waals surface area contributed by atoms with E-state index in [9.17, 15) is 9.59 Å². The monoisotopic (exact) mass is 421 g/mol. The Hall–Kier alpha value is -1.79. The number of piperazine rings is 1. The van der Waals surface area contributed by atoms with Crippen molar-refractivity contribution in [2.45, 2.75) is 32.1 Å². The molecule has 29 heavy (non-hydrogen) atoms. The molecule has 4 rings (SSSR count). The Balaban J connectivity index is 0.00000240. The van der Waals surface area contributed by atoms with Gasteiger partial charge in [-0.2, -0.15) is 0 Å².